The van der Waals surface area contributed by atoms with Crippen molar-refractivity contribution >= 4 is 26.8 Å². The highest BCUT2D eigenvalue weighted by Crippen LogP contribution is 2.18. The first-order valence-corrected chi connectivity index (χ1v) is 7.78. The molecule has 2 aromatic carbocycles. The summed E-state index contributed by atoms with van der Waals surface area (Å²) in [7, 11) is -3.73. The first kappa shape index (κ1) is 15.4. The van der Waals surface area contributed by atoms with Crippen molar-refractivity contribution < 1.29 is 23.4 Å². The van der Waals surface area contributed by atoms with E-state index in [0.29, 0.717) is 0 Å². The summed E-state index contributed by atoms with van der Waals surface area (Å²) >= 11 is 0. The van der Waals surface area contributed by atoms with Crippen molar-refractivity contribution in [1.82, 2.24) is 4.72 Å². The zero-order valence-corrected chi connectivity index (χ0v) is 11.9. The van der Waals surface area contributed by atoms with Crippen LogP contribution in [0.15, 0.2) is 47.4 Å². The maximum Gasteiger partial charge on any atom is 0.332 e. The van der Waals surface area contributed by atoms with Gasteiger partial charge in [0, 0.05) is 6.54 Å². The molecular formula is C14H15NO5S. The average molecular weight is 309 g/mol. The third-order valence-corrected chi connectivity index (χ3v) is 4.48. The van der Waals surface area contributed by atoms with Gasteiger partial charge in [-0.1, -0.05) is 30.3 Å². The summed E-state index contributed by atoms with van der Waals surface area (Å²) in [5.41, 5.74) is 0. The number of aliphatic hydroxyl groups is 1. The van der Waals surface area contributed by atoms with Gasteiger partial charge < -0.3 is 10.2 Å². The molecule has 0 unspecified atom stereocenters. The van der Waals surface area contributed by atoms with Gasteiger partial charge in [-0.15, -0.1) is 0 Å². The van der Waals surface area contributed by atoms with Crippen molar-refractivity contribution in [2.75, 3.05) is 6.54 Å². The van der Waals surface area contributed by atoms with Gasteiger partial charge in [0.05, 0.1) is 4.90 Å². The fourth-order valence-electron chi connectivity index (χ4n) is 1.87. The number of benzene rings is 2. The fraction of sp³-hybridized carbons (Fsp3) is 0.214. The second-order valence-electron chi connectivity index (χ2n) is 4.55. The van der Waals surface area contributed by atoms with Gasteiger partial charge in [0.15, 0.2) is 6.10 Å². The molecule has 6 nitrogen and oxygen atoms in total. The number of sulfonamides is 1. The van der Waals surface area contributed by atoms with E-state index in [4.69, 9.17) is 10.2 Å². The molecule has 0 spiro atoms. The lowest BCUT2D eigenvalue weighted by molar-refractivity contribution is -0.146. The van der Waals surface area contributed by atoms with Crippen LogP contribution in [-0.4, -0.2) is 37.2 Å². The quantitative estimate of drug-likeness (QED) is 0.737. The van der Waals surface area contributed by atoms with E-state index >= 15 is 0 Å². The molecule has 0 saturated heterocycles. The molecule has 3 N–H and O–H groups in total. The molecule has 0 fully saturated rings. The monoisotopic (exact) mass is 309 g/mol. The lowest BCUT2D eigenvalue weighted by Gasteiger charge is -2.09. The minimum Gasteiger partial charge on any atom is -0.479 e. The van der Waals surface area contributed by atoms with Crippen molar-refractivity contribution in [2.24, 2.45) is 0 Å². The maximum atomic E-state index is 12.1. The van der Waals surface area contributed by atoms with E-state index in [1.807, 2.05) is 24.3 Å². The maximum absolute atomic E-state index is 12.1. The van der Waals surface area contributed by atoms with Gasteiger partial charge in [0.1, 0.15) is 0 Å². The minimum atomic E-state index is -3.73. The summed E-state index contributed by atoms with van der Waals surface area (Å²) in [5.74, 6) is -1.38. The van der Waals surface area contributed by atoms with E-state index in [1.165, 1.54) is 6.07 Å². The molecule has 0 bridgehead atoms. The number of hydrogen-bond donors (Lipinski definition) is 3. The first-order chi connectivity index (χ1) is 9.90. The summed E-state index contributed by atoms with van der Waals surface area (Å²) in [5, 5.41) is 19.3. The molecule has 2 aromatic rings. The Morgan fingerprint density at radius 2 is 1.81 bits per heavy atom. The molecule has 0 aliphatic carbocycles. The summed E-state index contributed by atoms with van der Waals surface area (Å²) in [6.07, 6.45) is -1.77. The number of aliphatic carboxylic acids is 1. The summed E-state index contributed by atoms with van der Waals surface area (Å²) in [6.45, 7) is -0.150. The molecule has 2 rings (SSSR count). The molecule has 21 heavy (non-hydrogen) atoms. The van der Waals surface area contributed by atoms with Gasteiger partial charge in [0.25, 0.3) is 0 Å². The van der Waals surface area contributed by atoms with Crippen LogP contribution in [0.1, 0.15) is 6.42 Å². The van der Waals surface area contributed by atoms with Gasteiger partial charge >= 0.3 is 5.97 Å². The van der Waals surface area contributed by atoms with Crippen LogP contribution in [0.5, 0.6) is 0 Å². The number of carboxylic acids is 1. The number of carboxylic acid groups (broad SMARTS) is 1. The third-order valence-electron chi connectivity index (χ3n) is 3.03. The molecule has 112 valence electrons. The van der Waals surface area contributed by atoms with Gasteiger partial charge in [-0.25, -0.2) is 17.9 Å². The van der Waals surface area contributed by atoms with Gasteiger partial charge in [-0.3, -0.25) is 0 Å². The van der Waals surface area contributed by atoms with Crippen LogP contribution in [0.4, 0.5) is 0 Å². The van der Waals surface area contributed by atoms with Crippen LogP contribution in [0, 0.1) is 0 Å². The van der Waals surface area contributed by atoms with Crippen LogP contribution in [-0.2, 0) is 14.8 Å². The van der Waals surface area contributed by atoms with Gasteiger partial charge in [-0.2, -0.15) is 0 Å². The Balaban J connectivity index is 2.12. The second kappa shape index (κ2) is 6.21. The van der Waals surface area contributed by atoms with Crippen molar-refractivity contribution in [3.63, 3.8) is 0 Å². The largest absolute Gasteiger partial charge is 0.479 e. The summed E-state index contributed by atoms with van der Waals surface area (Å²) < 4.78 is 26.4. The van der Waals surface area contributed by atoms with Crippen LogP contribution < -0.4 is 4.72 Å². The highest BCUT2D eigenvalue weighted by atomic mass is 32.2. The van der Waals surface area contributed by atoms with E-state index in [1.54, 1.807) is 12.1 Å². The number of fused-ring (bicyclic) bond motifs is 1. The lowest BCUT2D eigenvalue weighted by atomic mass is 10.1. The molecule has 7 heteroatoms. The third kappa shape index (κ3) is 3.78. The Bertz CT molecular complexity index is 757. The first-order valence-electron chi connectivity index (χ1n) is 6.29. The number of hydrogen-bond acceptors (Lipinski definition) is 4. The highest BCUT2D eigenvalue weighted by molar-refractivity contribution is 7.89. The number of rotatable bonds is 6. The number of aliphatic hydroxyl groups excluding tert-OH is 1. The fourth-order valence-corrected chi connectivity index (χ4v) is 2.95. The molecule has 0 aliphatic heterocycles. The molecule has 0 aliphatic rings. The van der Waals surface area contributed by atoms with E-state index in [9.17, 15) is 13.2 Å². The van der Waals surface area contributed by atoms with E-state index in [2.05, 4.69) is 4.72 Å². The second-order valence-corrected chi connectivity index (χ2v) is 6.32. The Labute approximate surface area is 122 Å². The Kier molecular flexibility index (Phi) is 4.56. The van der Waals surface area contributed by atoms with Crippen LogP contribution >= 0.6 is 0 Å². The smallest absolute Gasteiger partial charge is 0.332 e. The molecular weight excluding hydrogens is 294 g/mol. The van der Waals surface area contributed by atoms with Gasteiger partial charge in [0.2, 0.25) is 10.0 Å². The normalized spacial score (nSPS) is 13.2. The molecule has 0 radical (unpaired) electrons. The number of nitrogens with one attached hydrogen (secondary N) is 1. The predicted molar refractivity (Wildman–Crippen MR) is 77.4 cm³/mol. The van der Waals surface area contributed by atoms with Crippen molar-refractivity contribution in [2.45, 2.75) is 17.4 Å². The zero-order chi connectivity index (χ0) is 15.5. The van der Waals surface area contributed by atoms with Crippen LogP contribution in [0.3, 0.4) is 0 Å². The summed E-state index contributed by atoms with van der Waals surface area (Å²) in [6, 6.07) is 12.1. The Hall–Kier alpha value is -1.96. The average Bonchev–Trinajstić information content (AvgIpc) is 2.46. The minimum absolute atomic E-state index is 0.103. The van der Waals surface area contributed by atoms with Crippen molar-refractivity contribution in [3.8, 4) is 0 Å². The SMILES string of the molecule is O=C(O)[C@@H](O)CCNS(=O)(=O)c1ccc2ccccc2c1. The Morgan fingerprint density at radius 3 is 2.48 bits per heavy atom. The lowest BCUT2D eigenvalue weighted by Crippen LogP contribution is -2.30. The molecule has 0 amide bonds. The number of carbonyl (C=O) groups is 1. The molecule has 0 heterocycles. The Morgan fingerprint density at radius 1 is 1.14 bits per heavy atom. The van der Waals surface area contributed by atoms with E-state index in [-0.39, 0.29) is 17.9 Å². The van der Waals surface area contributed by atoms with Crippen molar-refractivity contribution in [1.29, 1.82) is 0 Å². The standard InChI is InChI=1S/C14H15NO5S/c16-13(14(17)18)7-8-15-21(19,20)12-6-5-10-3-1-2-4-11(10)9-12/h1-6,9,13,15-16H,7-8H2,(H,17,18)/t13-/m0/s1. The van der Waals surface area contributed by atoms with Gasteiger partial charge in [-0.05, 0) is 29.3 Å². The van der Waals surface area contributed by atoms with Crippen LogP contribution in [0.2, 0.25) is 0 Å². The van der Waals surface area contributed by atoms with Crippen LogP contribution in [0.25, 0.3) is 10.8 Å². The van der Waals surface area contributed by atoms with E-state index < -0.39 is 22.1 Å². The highest BCUT2D eigenvalue weighted by Gasteiger charge is 2.17. The molecule has 1 atom stereocenters. The van der Waals surface area contributed by atoms with E-state index in [0.717, 1.165) is 10.8 Å². The van der Waals surface area contributed by atoms with Crippen molar-refractivity contribution in [3.05, 3.63) is 42.5 Å². The molecule has 0 saturated carbocycles. The topological polar surface area (TPSA) is 104 Å². The predicted octanol–water partition coefficient (Wildman–Crippen LogP) is 0.954. The zero-order valence-electron chi connectivity index (χ0n) is 11.1. The molecule has 0 aromatic heterocycles. The summed E-state index contributed by atoms with van der Waals surface area (Å²) in [4.78, 5) is 10.5.